The molecule has 0 radical (unpaired) electrons. The number of imidazole rings is 1. The molecular weight excluding hydrogens is 242 g/mol. The lowest BCUT2D eigenvalue weighted by atomic mass is 10.1. The predicted octanol–water partition coefficient (Wildman–Crippen LogP) is 1.19. The summed E-state index contributed by atoms with van der Waals surface area (Å²) in [6.07, 6.45) is 0.709. The van der Waals surface area contributed by atoms with Crippen molar-refractivity contribution in [2.45, 2.75) is 13.3 Å². The Balaban J connectivity index is 2.00. The molecule has 0 atom stereocenters. The van der Waals surface area contributed by atoms with Crippen LogP contribution in [0.5, 0.6) is 0 Å². The molecule has 2 aromatic rings. The van der Waals surface area contributed by atoms with Crippen LogP contribution in [0.25, 0.3) is 11.0 Å². The number of carbonyl (C=O) groups excluding carboxylic acids is 1. The van der Waals surface area contributed by atoms with E-state index in [4.69, 9.17) is 4.74 Å². The zero-order valence-electron chi connectivity index (χ0n) is 11.6. The van der Waals surface area contributed by atoms with Gasteiger partial charge in [0, 0.05) is 13.5 Å². The molecular formula is C14H19N3O2. The lowest BCUT2D eigenvalue weighted by molar-refractivity contribution is -0.142. The van der Waals surface area contributed by atoms with Crippen molar-refractivity contribution in [1.29, 1.82) is 0 Å². The quantitative estimate of drug-likeness (QED) is 0.821. The highest BCUT2D eigenvalue weighted by atomic mass is 16.5. The van der Waals surface area contributed by atoms with Crippen molar-refractivity contribution in [1.82, 2.24) is 14.9 Å². The maximum Gasteiger partial charge on any atom is 0.319 e. The molecule has 0 amide bonds. The van der Waals surface area contributed by atoms with E-state index in [2.05, 4.69) is 27.0 Å². The molecule has 0 spiro atoms. The summed E-state index contributed by atoms with van der Waals surface area (Å²) in [4.78, 5) is 15.7. The van der Waals surface area contributed by atoms with Crippen LogP contribution in [0.15, 0.2) is 18.2 Å². The molecule has 1 aromatic heterocycles. The number of hydrogen-bond donors (Lipinski definition) is 1. The molecule has 0 aliphatic heterocycles. The van der Waals surface area contributed by atoms with Crippen LogP contribution in [0.3, 0.4) is 0 Å². The normalized spacial score (nSPS) is 10.9. The topological polar surface area (TPSA) is 56.1 Å². The smallest absolute Gasteiger partial charge is 0.319 e. The summed E-state index contributed by atoms with van der Waals surface area (Å²) in [6.45, 7) is 2.63. The summed E-state index contributed by atoms with van der Waals surface area (Å²) < 4.78 is 7.16. The van der Waals surface area contributed by atoms with Crippen LogP contribution in [-0.4, -0.2) is 35.7 Å². The number of likely N-dealkylation sites (N-methyl/N-ethyl adjacent to an activating group) is 1. The number of benzene rings is 1. The van der Waals surface area contributed by atoms with E-state index < -0.39 is 0 Å². The molecule has 5 nitrogen and oxygen atoms in total. The third-order valence-electron chi connectivity index (χ3n) is 3.14. The van der Waals surface area contributed by atoms with E-state index in [1.54, 1.807) is 7.05 Å². The van der Waals surface area contributed by atoms with Crippen LogP contribution < -0.4 is 5.32 Å². The first kappa shape index (κ1) is 13.5. The third-order valence-corrected chi connectivity index (χ3v) is 3.14. The van der Waals surface area contributed by atoms with Crippen molar-refractivity contribution < 1.29 is 9.53 Å². The number of ether oxygens (including phenoxy) is 1. The van der Waals surface area contributed by atoms with E-state index in [1.165, 1.54) is 0 Å². The lowest BCUT2D eigenvalue weighted by Crippen LogP contribution is -2.21. The Kier molecular flexibility index (Phi) is 4.16. The largest absolute Gasteiger partial charge is 0.464 e. The Labute approximate surface area is 112 Å². The minimum absolute atomic E-state index is 0.225. The first-order valence-corrected chi connectivity index (χ1v) is 6.34. The van der Waals surface area contributed by atoms with E-state index in [0.29, 0.717) is 13.0 Å². The minimum atomic E-state index is -0.225. The highest BCUT2D eigenvalue weighted by Gasteiger charge is 2.05. The summed E-state index contributed by atoms with van der Waals surface area (Å²) >= 11 is 0. The molecule has 1 heterocycles. The van der Waals surface area contributed by atoms with Gasteiger partial charge in [0.15, 0.2) is 0 Å². The molecule has 5 heteroatoms. The summed E-state index contributed by atoms with van der Waals surface area (Å²) in [7, 11) is 3.72. The Morgan fingerprint density at radius 1 is 1.47 bits per heavy atom. The van der Waals surface area contributed by atoms with Crippen LogP contribution in [0.1, 0.15) is 11.4 Å². The molecule has 0 saturated heterocycles. The molecule has 0 aliphatic rings. The summed E-state index contributed by atoms with van der Waals surface area (Å²) in [5.41, 5.74) is 3.23. The number of carbonyl (C=O) groups is 1. The van der Waals surface area contributed by atoms with Crippen molar-refractivity contribution in [3.05, 3.63) is 29.6 Å². The van der Waals surface area contributed by atoms with Crippen LogP contribution in [0, 0.1) is 6.92 Å². The Hall–Kier alpha value is -1.88. The number of esters is 1. The van der Waals surface area contributed by atoms with E-state index in [9.17, 15) is 4.79 Å². The van der Waals surface area contributed by atoms with Crippen molar-refractivity contribution in [3.8, 4) is 0 Å². The lowest BCUT2D eigenvalue weighted by Gasteiger charge is -2.04. The van der Waals surface area contributed by atoms with Gasteiger partial charge in [-0.05, 0) is 31.7 Å². The van der Waals surface area contributed by atoms with E-state index in [0.717, 1.165) is 22.4 Å². The van der Waals surface area contributed by atoms with Gasteiger partial charge in [0.2, 0.25) is 0 Å². The summed E-state index contributed by atoms with van der Waals surface area (Å²) in [5, 5.41) is 2.76. The zero-order chi connectivity index (χ0) is 13.8. The van der Waals surface area contributed by atoms with Crippen LogP contribution >= 0.6 is 0 Å². The summed E-state index contributed by atoms with van der Waals surface area (Å²) in [6, 6.07) is 6.16. The van der Waals surface area contributed by atoms with Crippen molar-refractivity contribution in [2.24, 2.45) is 7.05 Å². The van der Waals surface area contributed by atoms with Gasteiger partial charge in [-0.25, -0.2) is 4.98 Å². The second-order valence-corrected chi connectivity index (χ2v) is 4.54. The number of nitrogens with one attached hydrogen (secondary N) is 1. The first-order valence-electron chi connectivity index (χ1n) is 6.34. The van der Waals surface area contributed by atoms with Crippen LogP contribution in [0.2, 0.25) is 0 Å². The summed E-state index contributed by atoms with van der Waals surface area (Å²) in [5.74, 6) is 0.768. The SMILES string of the molecule is CNCC(=O)OCCc1ccc2c(c1)nc(C)n2C. The number of fused-ring (bicyclic) bond motifs is 1. The van der Waals surface area contributed by atoms with Gasteiger partial charge in [0.25, 0.3) is 0 Å². The van der Waals surface area contributed by atoms with Crippen molar-refractivity contribution in [3.63, 3.8) is 0 Å². The third kappa shape index (κ3) is 3.12. The average Bonchev–Trinajstić information content (AvgIpc) is 2.65. The standard InChI is InChI=1S/C14H19N3O2/c1-10-16-12-8-11(4-5-13(12)17(10)3)6-7-19-14(18)9-15-2/h4-5,8,15H,6-7,9H2,1-3H3. The minimum Gasteiger partial charge on any atom is -0.464 e. The highest BCUT2D eigenvalue weighted by Crippen LogP contribution is 2.16. The molecule has 0 saturated carbocycles. The van der Waals surface area contributed by atoms with Gasteiger partial charge in [-0.1, -0.05) is 6.07 Å². The Morgan fingerprint density at radius 3 is 3.00 bits per heavy atom. The maximum atomic E-state index is 11.2. The number of nitrogens with zero attached hydrogens (tertiary/aromatic N) is 2. The van der Waals surface area contributed by atoms with Crippen LogP contribution in [-0.2, 0) is 23.0 Å². The molecule has 0 bridgehead atoms. The highest BCUT2D eigenvalue weighted by molar-refractivity contribution is 5.76. The van der Waals surface area contributed by atoms with E-state index in [-0.39, 0.29) is 12.5 Å². The fraction of sp³-hybridized carbons (Fsp3) is 0.429. The molecule has 2 rings (SSSR count). The molecule has 1 aromatic carbocycles. The second kappa shape index (κ2) is 5.84. The zero-order valence-corrected chi connectivity index (χ0v) is 11.6. The molecule has 102 valence electrons. The van der Waals surface area contributed by atoms with Gasteiger partial charge in [-0.15, -0.1) is 0 Å². The number of aromatic nitrogens is 2. The van der Waals surface area contributed by atoms with Gasteiger partial charge < -0.3 is 14.6 Å². The molecule has 19 heavy (non-hydrogen) atoms. The molecule has 0 unspecified atom stereocenters. The molecule has 0 aliphatic carbocycles. The second-order valence-electron chi connectivity index (χ2n) is 4.54. The van der Waals surface area contributed by atoms with Crippen LogP contribution in [0.4, 0.5) is 0 Å². The predicted molar refractivity (Wildman–Crippen MR) is 74.0 cm³/mol. The van der Waals surface area contributed by atoms with Gasteiger partial charge in [0.05, 0.1) is 24.2 Å². The fourth-order valence-corrected chi connectivity index (χ4v) is 2.00. The number of aryl methyl sites for hydroxylation is 2. The monoisotopic (exact) mass is 261 g/mol. The molecule has 0 fully saturated rings. The van der Waals surface area contributed by atoms with E-state index >= 15 is 0 Å². The average molecular weight is 261 g/mol. The Bertz CT molecular complexity index is 590. The fourth-order valence-electron chi connectivity index (χ4n) is 2.00. The van der Waals surface area contributed by atoms with Gasteiger partial charge in [-0.3, -0.25) is 4.79 Å². The Morgan fingerprint density at radius 2 is 2.26 bits per heavy atom. The first-order chi connectivity index (χ1) is 9.11. The van der Waals surface area contributed by atoms with E-state index in [1.807, 2.05) is 20.0 Å². The number of rotatable bonds is 5. The van der Waals surface area contributed by atoms with Gasteiger partial charge >= 0.3 is 5.97 Å². The number of hydrogen-bond acceptors (Lipinski definition) is 4. The van der Waals surface area contributed by atoms with Gasteiger partial charge in [-0.2, -0.15) is 0 Å². The van der Waals surface area contributed by atoms with Crippen molar-refractivity contribution in [2.75, 3.05) is 20.2 Å². The van der Waals surface area contributed by atoms with Crippen molar-refractivity contribution >= 4 is 17.0 Å². The maximum absolute atomic E-state index is 11.2. The van der Waals surface area contributed by atoms with Gasteiger partial charge in [0.1, 0.15) is 5.82 Å². The molecule has 1 N–H and O–H groups in total.